The van der Waals surface area contributed by atoms with E-state index in [2.05, 4.69) is 41.7 Å². The van der Waals surface area contributed by atoms with Crippen molar-refractivity contribution in [1.29, 1.82) is 0 Å². The van der Waals surface area contributed by atoms with E-state index in [1.165, 1.54) is 0 Å². The van der Waals surface area contributed by atoms with Crippen LogP contribution in [0.2, 0.25) is 0 Å². The van der Waals surface area contributed by atoms with Crippen molar-refractivity contribution in [2.45, 2.75) is 0 Å². The van der Waals surface area contributed by atoms with Crippen LogP contribution in [0.1, 0.15) is 0 Å². The number of para-hydroxylation sites is 2. The second-order valence-electron chi connectivity index (χ2n) is 9.14. The largest absolute Gasteiger partial charge is 0.497 e. The third kappa shape index (κ3) is 4.70. The van der Waals surface area contributed by atoms with Gasteiger partial charge in [0, 0.05) is 21.6 Å². The molecule has 0 atom stereocenters. The lowest BCUT2D eigenvalue weighted by Gasteiger charge is -2.26. The quantitative estimate of drug-likeness (QED) is 0.232. The predicted molar refractivity (Wildman–Crippen MR) is 164 cm³/mol. The van der Waals surface area contributed by atoms with Crippen LogP contribution in [0.15, 0.2) is 144 Å². The molecule has 6 aromatic rings. The minimum atomic E-state index is -2.65. The molecule has 7 heteroatoms. The highest BCUT2D eigenvalue weighted by atomic mass is 31.2. The summed E-state index contributed by atoms with van der Waals surface area (Å²) in [7, 11) is -1.03. The Morgan fingerprint density at radius 3 is 1.73 bits per heavy atom. The lowest BCUT2D eigenvalue weighted by molar-refractivity contribution is 0.254. The first kappa shape index (κ1) is 25.4. The monoisotopic (exact) mass is 542 g/mol. The summed E-state index contributed by atoms with van der Waals surface area (Å²) >= 11 is 0. The van der Waals surface area contributed by atoms with Crippen molar-refractivity contribution in [3.05, 3.63) is 140 Å². The zero-order chi connectivity index (χ0) is 27.4. The van der Waals surface area contributed by atoms with Crippen molar-refractivity contribution < 1.29 is 9.53 Å². The Kier molecular flexibility index (Phi) is 7.00. The zero-order valence-corrected chi connectivity index (χ0v) is 22.8. The number of amides is 1. The molecular formula is C33H27N4O2P. The number of hydrogen-bond acceptors (Lipinski definition) is 4. The number of carbonyl (C=O) groups excluding carboxylic acids is 1. The van der Waals surface area contributed by atoms with Crippen LogP contribution in [0, 0.1) is 0 Å². The molecule has 0 aliphatic rings. The summed E-state index contributed by atoms with van der Waals surface area (Å²) in [6.45, 7) is 0. The van der Waals surface area contributed by atoms with Gasteiger partial charge in [-0.1, -0.05) is 103 Å². The van der Waals surface area contributed by atoms with E-state index in [0.717, 1.165) is 15.9 Å². The predicted octanol–water partition coefficient (Wildman–Crippen LogP) is 6.93. The summed E-state index contributed by atoms with van der Waals surface area (Å²) < 4.78 is 12.3. The van der Waals surface area contributed by atoms with Crippen LogP contribution in [-0.2, 0) is 0 Å². The Hall–Kier alpha value is -4.93. The second-order valence-corrected chi connectivity index (χ2v) is 12.2. The fraction of sp³-hybridized carbons (Fsp3) is 0.0303. The van der Waals surface area contributed by atoms with Crippen LogP contribution in [0.4, 0.5) is 16.4 Å². The van der Waals surface area contributed by atoms with Crippen molar-refractivity contribution in [2.75, 3.05) is 12.4 Å². The number of carbonyl (C=O) groups is 1. The zero-order valence-electron chi connectivity index (χ0n) is 21.9. The Morgan fingerprint density at radius 2 is 1.20 bits per heavy atom. The molecule has 1 N–H and O–H groups in total. The molecule has 0 saturated heterocycles. The third-order valence-electron chi connectivity index (χ3n) is 6.72. The molecule has 0 spiro atoms. The van der Waals surface area contributed by atoms with Crippen molar-refractivity contribution in [3.63, 3.8) is 0 Å². The van der Waals surface area contributed by atoms with Gasteiger partial charge < -0.3 is 10.1 Å². The molecule has 0 radical (unpaired) electrons. The standard InChI is InChI=1S/C33H27N4O2P/c1-39-26-23-21-25(22-24-26)34-33(38)37-31-20-12-11-19-30(31)35-32(37)36-40(27-13-5-2-6-14-27,28-15-7-3-8-16-28)29-17-9-4-10-18-29/h2-24H,1H3,(H,34,38). The number of methoxy groups -OCH3 is 1. The van der Waals surface area contributed by atoms with Gasteiger partial charge in [0.25, 0.3) is 0 Å². The van der Waals surface area contributed by atoms with E-state index >= 15 is 0 Å². The Balaban J connectivity index is 1.63. The maximum atomic E-state index is 13.9. The van der Waals surface area contributed by atoms with E-state index < -0.39 is 7.05 Å². The molecule has 1 aromatic heterocycles. The summed E-state index contributed by atoms with van der Waals surface area (Å²) in [5.41, 5.74) is 2.02. The summed E-state index contributed by atoms with van der Waals surface area (Å²) in [5.74, 6) is 1.06. The number of hydrogen-bond donors (Lipinski definition) is 1. The molecule has 0 unspecified atom stereocenters. The first-order valence-corrected chi connectivity index (χ1v) is 14.7. The lowest BCUT2D eigenvalue weighted by Crippen LogP contribution is -2.25. The maximum Gasteiger partial charge on any atom is 0.333 e. The Morgan fingerprint density at radius 1 is 0.700 bits per heavy atom. The molecule has 6 rings (SSSR count). The van der Waals surface area contributed by atoms with Crippen LogP contribution in [0.5, 0.6) is 5.75 Å². The molecule has 0 bridgehead atoms. The second kappa shape index (κ2) is 11.0. The van der Waals surface area contributed by atoms with Gasteiger partial charge in [-0.15, -0.1) is 0 Å². The summed E-state index contributed by atoms with van der Waals surface area (Å²) in [5, 5.41) is 6.23. The Bertz CT molecular complexity index is 1710. The number of aromatic nitrogens is 2. The number of rotatable bonds is 6. The molecule has 1 heterocycles. The van der Waals surface area contributed by atoms with Crippen molar-refractivity contribution in [1.82, 2.24) is 9.55 Å². The van der Waals surface area contributed by atoms with Crippen molar-refractivity contribution >= 4 is 51.7 Å². The average Bonchev–Trinajstić information content (AvgIpc) is 3.39. The highest BCUT2D eigenvalue weighted by Gasteiger charge is 2.29. The third-order valence-corrected chi connectivity index (χ3v) is 10.3. The molecule has 40 heavy (non-hydrogen) atoms. The van der Waals surface area contributed by atoms with E-state index in [0.29, 0.717) is 28.4 Å². The van der Waals surface area contributed by atoms with E-state index in [1.807, 2.05) is 103 Å². The van der Waals surface area contributed by atoms with Gasteiger partial charge in [0.15, 0.2) is 0 Å². The molecule has 0 aliphatic heterocycles. The van der Waals surface area contributed by atoms with Crippen LogP contribution < -0.4 is 26.0 Å². The lowest BCUT2D eigenvalue weighted by atomic mass is 10.3. The summed E-state index contributed by atoms with van der Waals surface area (Å²) in [6.07, 6.45) is 0. The maximum absolute atomic E-state index is 13.9. The molecule has 196 valence electrons. The van der Waals surface area contributed by atoms with Crippen LogP contribution in [0.25, 0.3) is 11.0 Å². The van der Waals surface area contributed by atoms with E-state index in [-0.39, 0.29) is 6.03 Å². The highest BCUT2D eigenvalue weighted by molar-refractivity contribution is 7.87. The van der Waals surface area contributed by atoms with Gasteiger partial charge >= 0.3 is 6.03 Å². The van der Waals surface area contributed by atoms with Gasteiger partial charge in [-0.3, -0.25) is 0 Å². The van der Waals surface area contributed by atoms with Gasteiger partial charge in [-0.25, -0.2) is 19.1 Å². The van der Waals surface area contributed by atoms with E-state index in [9.17, 15) is 4.79 Å². The number of ether oxygens (including phenoxy) is 1. The molecule has 0 saturated carbocycles. The minimum Gasteiger partial charge on any atom is -0.497 e. The minimum absolute atomic E-state index is 0.343. The number of nitrogens with one attached hydrogen (secondary N) is 1. The summed E-state index contributed by atoms with van der Waals surface area (Å²) in [6, 6.07) is 45.4. The van der Waals surface area contributed by atoms with Crippen molar-refractivity contribution in [2.24, 2.45) is 4.74 Å². The number of nitrogens with zero attached hydrogens (tertiary/aromatic N) is 3. The molecule has 6 nitrogen and oxygen atoms in total. The van der Waals surface area contributed by atoms with Gasteiger partial charge in [0.1, 0.15) is 5.75 Å². The van der Waals surface area contributed by atoms with Gasteiger partial charge in [-0.2, -0.15) is 0 Å². The topological polar surface area (TPSA) is 68.5 Å². The SMILES string of the molecule is COc1ccc(NC(=O)n2c(N=P(c3ccccc3)(c3ccccc3)c3ccccc3)nc3ccccc32)cc1. The molecule has 5 aromatic carbocycles. The van der Waals surface area contributed by atoms with E-state index in [4.69, 9.17) is 14.5 Å². The highest BCUT2D eigenvalue weighted by Crippen LogP contribution is 2.49. The summed E-state index contributed by atoms with van der Waals surface area (Å²) in [4.78, 5) is 18.8. The van der Waals surface area contributed by atoms with Gasteiger partial charge in [0.2, 0.25) is 5.95 Å². The molecule has 1 amide bonds. The van der Waals surface area contributed by atoms with Crippen molar-refractivity contribution in [3.8, 4) is 5.75 Å². The van der Waals surface area contributed by atoms with Gasteiger partial charge in [-0.05, 0) is 36.4 Å². The van der Waals surface area contributed by atoms with Crippen LogP contribution >= 0.6 is 7.05 Å². The van der Waals surface area contributed by atoms with Crippen LogP contribution in [0.3, 0.4) is 0 Å². The number of anilines is 1. The first-order chi connectivity index (χ1) is 19.7. The van der Waals surface area contributed by atoms with E-state index in [1.54, 1.807) is 11.7 Å². The molecular weight excluding hydrogens is 515 g/mol. The Labute approximate surface area is 233 Å². The normalized spacial score (nSPS) is 11.2. The molecule has 0 aliphatic carbocycles. The fourth-order valence-electron chi connectivity index (χ4n) is 4.82. The first-order valence-electron chi connectivity index (χ1n) is 12.9. The number of fused-ring (bicyclic) bond motifs is 1. The molecule has 0 fully saturated rings. The number of benzene rings is 5. The average molecular weight is 543 g/mol. The van der Waals surface area contributed by atoms with Gasteiger partial charge in [0.05, 0.1) is 25.2 Å². The van der Waals surface area contributed by atoms with Crippen LogP contribution in [-0.4, -0.2) is 22.7 Å². The fourth-order valence-corrected chi connectivity index (χ4v) is 8.27. The smallest absolute Gasteiger partial charge is 0.333 e. The number of imidazole rings is 1.